The number of hydrogen-bond acceptors (Lipinski definition) is 3. The quantitative estimate of drug-likeness (QED) is 0.698. The third kappa shape index (κ3) is 3.76. The number of halogens is 3. The van der Waals surface area contributed by atoms with Crippen LogP contribution in [0.4, 0.5) is 18.0 Å². The highest BCUT2D eigenvalue weighted by Crippen LogP contribution is 2.30. The van der Waals surface area contributed by atoms with Gasteiger partial charge < -0.3 is 20.6 Å². The van der Waals surface area contributed by atoms with Gasteiger partial charge in [0.15, 0.2) is 0 Å². The van der Waals surface area contributed by atoms with Crippen LogP contribution < -0.4 is 10.6 Å². The molecular formula is C11H16F3N3O4. The van der Waals surface area contributed by atoms with Crippen LogP contribution >= 0.6 is 0 Å². The third-order valence-electron chi connectivity index (χ3n) is 3.32. The van der Waals surface area contributed by atoms with E-state index in [1.165, 1.54) is 17.3 Å². The molecule has 2 atom stereocenters. The van der Waals surface area contributed by atoms with Crippen LogP contribution in [0.25, 0.3) is 0 Å². The molecule has 1 rings (SSSR count). The number of likely N-dealkylation sites (tertiary alicyclic amines) is 1. The monoisotopic (exact) mass is 311 g/mol. The van der Waals surface area contributed by atoms with Gasteiger partial charge in [-0.05, 0) is 13.3 Å². The highest BCUT2D eigenvalue weighted by atomic mass is 19.4. The Morgan fingerprint density at radius 1 is 1.38 bits per heavy atom. The molecular weight excluding hydrogens is 295 g/mol. The summed E-state index contributed by atoms with van der Waals surface area (Å²) in [4.78, 5) is 34.9. The smallest absolute Gasteiger partial charge is 0.422 e. The molecule has 0 aromatic carbocycles. The van der Waals surface area contributed by atoms with Crippen molar-refractivity contribution in [2.24, 2.45) is 0 Å². The van der Waals surface area contributed by atoms with Crippen molar-refractivity contribution >= 4 is 17.9 Å². The zero-order chi connectivity index (χ0) is 16.4. The van der Waals surface area contributed by atoms with Gasteiger partial charge >= 0.3 is 18.2 Å². The second kappa shape index (κ2) is 5.78. The second-order valence-electron chi connectivity index (χ2n) is 5.04. The van der Waals surface area contributed by atoms with Gasteiger partial charge in [0, 0.05) is 26.1 Å². The summed E-state index contributed by atoms with van der Waals surface area (Å²) in [5, 5.41) is 12.4. The minimum Gasteiger partial charge on any atom is -0.479 e. The molecule has 120 valence electrons. The van der Waals surface area contributed by atoms with Gasteiger partial charge in [-0.3, -0.25) is 4.79 Å². The fraction of sp³-hybridized carbons (Fsp3) is 0.727. The number of nitrogens with zero attached hydrogens (tertiary/aromatic N) is 1. The van der Waals surface area contributed by atoms with Crippen LogP contribution in [0.5, 0.6) is 0 Å². The molecule has 10 heteroatoms. The summed E-state index contributed by atoms with van der Waals surface area (Å²) < 4.78 is 38.2. The van der Waals surface area contributed by atoms with Gasteiger partial charge in [-0.25, -0.2) is 9.59 Å². The average molecular weight is 311 g/mol. The van der Waals surface area contributed by atoms with Gasteiger partial charge in [0.1, 0.15) is 0 Å². The molecule has 0 aromatic rings. The first-order chi connectivity index (χ1) is 9.47. The summed E-state index contributed by atoms with van der Waals surface area (Å²) in [7, 11) is 1.51. The Morgan fingerprint density at radius 2 is 1.95 bits per heavy atom. The number of carbonyl (C=O) groups is 3. The van der Waals surface area contributed by atoms with E-state index in [1.54, 1.807) is 0 Å². The molecule has 0 spiro atoms. The van der Waals surface area contributed by atoms with Gasteiger partial charge in [0.05, 0.1) is 0 Å². The topological polar surface area (TPSA) is 98.7 Å². The number of rotatable bonds is 3. The first-order valence-corrected chi connectivity index (χ1v) is 6.10. The standard InChI is InChI=1S/C11H16F3N3O4/c1-10(8(19)20,11(12,13)14)16-9(21)15-6-3-4-7(18)17(2)5-6/h6H,3-5H2,1-2H3,(H,19,20)(H2,15,16,21). The Kier molecular flexibility index (Phi) is 4.69. The van der Waals surface area contributed by atoms with Gasteiger partial charge in [0.25, 0.3) is 0 Å². The fourth-order valence-electron chi connectivity index (χ4n) is 1.82. The Morgan fingerprint density at radius 3 is 2.38 bits per heavy atom. The number of urea groups is 1. The molecule has 1 aliphatic rings. The average Bonchev–Trinajstić information content (AvgIpc) is 2.32. The highest BCUT2D eigenvalue weighted by Gasteiger charge is 2.58. The van der Waals surface area contributed by atoms with E-state index >= 15 is 0 Å². The maximum atomic E-state index is 12.7. The molecule has 3 N–H and O–H groups in total. The number of aliphatic carboxylic acids is 1. The SMILES string of the molecule is CN1CC(NC(=O)NC(C)(C(=O)O)C(F)(F)F)CCC1=O. The predicted octanol–water partition coefficient (Wildman–Crippen LogP) is 0.312. The van der Waals surface area contributed by atoms with Crippen LogP contribution in [0.3, 0.4) is 0 Å². The van der Waals surface area contributed by atoms with E-state index in [4.69, 9.17) is 5.11 Å². The third-order valence-corrected chi connectivity index (χ3v) is 3.32. The molecule has 0 radical (unpaired) electrons. The van der Waals surface area contributed by atoms with E-state index in [1.807, 2.05) is 0 Å². The van der Waals surface area contributed by atoms with Gasteiger partial charge in [-0.15, -0.1) is 0 Å². The Bertz CT molecular complexity index is 454. The lowest BCUT2D eigenvalue weighted by molar-refractivity contribution is -0.203. The van der Waals surface area contributed by atoms with Crippen molar-refractivity contribution in [3.8, 4) is 0 Å². The summed E-state index contributed by atoms with van der Waals surface area (Å²) >= 11 is 0. The minimum absolute atomic E-state index is 0.126. The largest absolute Gasteiger partial charge is 0.479 e. The van der Waals surface area contributed by atoms with Crippen molar-refractivity contribution < 1.29 is 32.7 Å². The molecule has 1 heterocycles. The van der Waals surface area contributed by atoms with E-state index in [-0.39, 0.29) is 25.3 Å². The number of hydrogen-bond donors (Lipinski definition) is 3. The molecule has 1 saturated heterocycles. The normalized spacial score (nSPS) is 22.4. The minimum atomic E-state index is -5.14. The number of carboxylic acid groups (broad SMARTS) is 1. The Balaban J connectivity index is 2.68. The number of alkyl halides is 3. The Labute approximate surface area is 118 Å². The summed E-state index contributed by atoms with van der Waals surface area (Å²) in [5.74, 6) is -2.33. The number of piperidine rings is 1. The molecule has 1 aliphatic heterocycles. The van der Waals surface area contributed by atoms with Crippen molar-refractivity contribution in [1.29, 1.82) is 0 Å². The molecule has 0 saturated carbocycles. The lowest BCUT2D eigenvalue weighted by Gasteiger charge is -2.32. The summed E-state index contributed by atoms with van der Waals surface area (Å²) in [6, 6.07) is -1.77. The lowest BCUT2D eigenvalue weighted by atomic mass is 10.0. The molecule has 0 bridgehead atoms. The highest BCUT2D eigenvalue weighted by molar-refractivity contribution is 5.87. The Hall–Kier alpha value is -2.00. The summed E-state index contributed by atoms with van der Waals surface area (Å²) in [5.41, 5.74) is -3.38. The van der Waals surface area contributed by atoms with E-state index in [9.17, 15) is 27.6 Å². The molecule has 3 amide bonds. The van der Waals surface area contributed by atoms with Crippen molar-refractivity contribution in [2.45, 2.75) is 37.5 Å². The number of carboxylic acids is 1. The van der Waals surface area contributed by atoms with E-state index < -0.39 is 29.8 Å². The molecule has 1 fully saturated rings. The van der Waals surface area contributed by atoms with E-state index in [0.29, 0.717) is 6.92 Å². The number of likely N-dealkylation sites (N-methyl/N-ethyl adjacent to an activating group) is 1. The van der Waals surface area contributed by atoms with Gasteiger partial charge in [-0.2, -0.15) is 13.2 Å². The first kappa shape index (κ1) is 17.1. The fourth-order valence-corrected chi connectivity index (χ4v) is 1.82. The molecule has 2 unspecified atom stereocenters. The van der Waals surface area contributed by atoms with Crippen molar-refractivity contribution in [2.75, 3.05) is 13.6 Å². The van der Waals surface area contributed by atoms with Crippen LogP contribution in [-0.2, 0) is 9.59 Å². The maximum Gasteiger partial charge on any atom is 0.422 e. The van der Waals surface area contributed by atoms with Gasteiger partial charge in [0.2, 0.25) is 11.4 Å². The van der Waals surface area contributed by atoms with Crippen LogP contribution in [0.15, 0.2) is 0 Å². The van der Waals surface area contributed by atoms with Crippen molar-refractivity contribution in [3.63, 3.8) is 0 Å². The molecule has 0 aromatic heterocycles. The van der Waals surface area contributed by atoms with Crippen molar-refractivity contribution in [1.82, 2.24) is 15.5 Å². The van der Waals surface area contributed by atoms with Crippen LogP contribution in [0.2, 0.25) is 0 Å². The van der Waals surface area contributed by atoms with Crippen LogP contribution in [-0.4, -0.2) is 59.3 Å². The predicted molar refractivity (Wildman–Crippen MR) is 64.4 cm³/mol. The number of carbonyl (C=O) groups excluding carboxylic acids is 2. The second-order valence-corrected chi connectivity index (χ2v) is 5.04. The van der Waals surface area contributed by atoms with Crippen molar-refractivity contribution in [3.05, 3.63) is 0 Å². The maximum absolute atomic E-state index is 12.7. The van der Waals surface area contributed by atoms with Crippen LogP contribution in [0, 0.1) is 0 Å². The summed E-state index contributed by atoms with van der Waals surface area (Å²) in [6.45, 7) is 0.521. The molecule has 0 aliphatic carbocycles. The number of amides is 3. The van der Waals surface area contributed by atoms with E-state index in [0.717, 1.165) is 0 Å². The van der Waals surface area contributed by atoms with Gasteiger partial charge in [-0.1, -0.05) is 0 Å². The zero-order valence-corrected chi connectivity index (χ0v) is 11.5. The summed E-state index contributed by atoms with van der Waals surface area (Å²) in [6.07, 6.45) is -4.70. The molecule has 21 heavy (non-hydrogen) atoms. The zero-order valence-electron chi connectivity index (χ0n) is 11.5. The van der Waals surface area contributed by atoms with E-state index in [2.05, 4.69) is 5.32 Å². The lowest BCUT2D eigenvalue weighted by Crippen LogP contribution is -2.65. The van der Waals surface area contributed by atoms with Crippen LogP contribution in [0.1, 0.15) is 19.8 Å². The number of nitrogens with one attached hydrogen (secondary N) is 2. The molecule has 7 nitrogen and oxygen atoms in total. The first-order valence-electron chi connectivity index (χ1n) is 6.10.